The maximum absolute atomic E-state index is 11.5. The molecule has 0 aromatic rings. The Morgan fingerprint density at radius 1 is 0.947 bits per heavy atom. The van der Waals surface area contributed by atoms with Crippen LogP contribution < -0.4 is 0 Å². The van der Waals surface area contributed by atoms with Gasteiger partial charge in [-0.2, -0.15) is 0 Å². The molecule has 6 atom stereocenters. The van der Waals surface area contributed by atoms with Gasteiger partial charge in [-0.1, -0.05) is 47.5 Å². The van der Waals surface area contributed by atoms with E-state index in [2.05, 4.69) is 34.6 Å². The van der Waals surface area contributed by atoms with Crippen molar-refractivity contribution in [2.75, 3.05) is 0 Å². The Kier molecular flexibility index (Phi) is 4.65. The van der Waals surface area contributed by atoms with Crippen molar-refractivity contribution in [1.82, 2.24) is 0 Å². The average Bonchev–Trinajstić information content (AvgIpc) is 2.31. The van der Waals surface area contributed by atoms with Crippen molar-refractivity contribution in [2.45, 2.75) is 78.7 Å². The first-order valence-corrected chi connectivity index (χ1v) is 8.57. The lowest BCUT2D eigenvalue weighted by molar-refractivity contribution is -0.137. The van der Waals surface area contributed by atoms with Crippen LogP contribution in [0, 0.1) is 35.5 Å². The lowest BCUT2D eigenvalue weighted by Crippen LogP contribution is -2.52. The van der Waals surface area contributed by atoms with Gasteiger partial charge in [-0.25, -0.2) is 0 Å². The quantitative estimate of drug-likeness (QED) is 0.755. The zero-order valence-corrected chi connectivity index (χ0v) is 13.7. The first-order chi connectivity index (χ1) is 8.84. The van der Waals surface area contributed by atoms with E-state index in [1.165, 1.54) is 32.1 Å². The minimum absolute atomic E-state index is 0.375. The molecule has 0 saturated heterocycles. The molecule has 1 nitrogen and oxygen atoms in total. The van der Waals surface area contributed by atoms with Crippen LogP contribution in [0.25, 0.3) is 0 Å². The van der Waals surface area contributed by atoms with Crippen molar-refractivity contribution in [1.29, 1.82) is 0 Å². The van der Waals surface area contributed by atoms with Gasteiger partial charge in [-0.05, 0) is 61.2 Å². The highest BCUT2D eigenvalue weighted by Gasteiger charge is 2.49. The molecule has 2 aliphatic rings. The van der Waals surface area contributed by atoms with Crippen molar-refractivity contribution >= 4 is 0 Å². The van der Waals surface area contributed by atoms with Crippen molar-refractivity contribution in [3.05, 3.63) is 0 Å². The van der Waals surface area contributed by atoms with E-state index in [9.17, 15) is 5.11 Å². The van der Waals surface area contributed by atoms with E-state index in [1.54, 1.807) is 0 Å². The fourth-order valence-electron chi connectivity index (χ4n) is 4.91. The molecule has 0 radical (unpaired) electrons. The molecular formula is C18H34O. The van der Waals surface area contributed by atoms with Gasteiger partial charge in [0, 0.05) is 0 Å². The van der Waals surface area contributed by atoms with Gasteiger partial charge in [0.2, 0.25) is 0 Å². The summed E-state index contributed by atoms with van der Waals surface area (Å²) in [4.78, 5) is 0. The van der Waals surface area contributed by atoms with Gasteiger partial charge in [0.15, 0.2) is 0 Å². The molecule has 2 saturated carbocycles. The summed E-state index contributed by atoms with van der Waals surface area (Å²) in [6.45, 7) is 11.7. The summed E-state index contributed by atoms with van der Waals surface area (Å²) in [6.07, 6.45) is 7.39. The summed E-state index contributed by atoms with van der Waals surface area (Å²) in [5.41, 5.74) is -0.375. The zero-order chi connectivity index (χ0) is 14.2. The Hall–Kier alpha value is -0.0400. The van der Waals surface area contributed by atoms with Gasteiger partial charge >= 0.3 is 0 Å². The molecule has 0 bridgehead atoms. The highest BCUT2D eigenvalue weighted by Crippen LogP contribution is 2.50. The van der Waals surface area contributed by atoms with Crippen LogP contribution in [0.4, 0.5) is 0 Å². The normalized spacial score (nSPS) is 48.5. The van der Waals surface area contributed by atoms with E-state index in [-0.39, 0.29) is 5.60 Å². The molecule has 6 unspecified atom stereocenters. The molecule has 2 aliphatic carbocycles. The highest BCUT2D eigenvalue weighted by atomic mass is 16.3. The minimum atomic E-state index is -0.375. The van der Waals surface area contributed by atoms with Gasteiger partial charge in [0.25, 0.3) is 0 Å². The van der Waals surface area contributed by atoms with Crippen molar-refractivity contribution in [3.8, 4) is 0 Å². The summed E-state index contributed by atoms with van der Waals surface area (Å²) in [7, 11) is 0. The van der Waals surface area contributed by atoms with E-state index in [0.29, 0.717) is 23.7 Å². The molecule has 2 rings (SSSR count). The second kappa shape index (κ2) is 5.76. The highest BCUT2D eigenvalue weighted by molar-refractivity contribution is 4.99. The van der Waals surface area contributed by atoms with E-state index in [4.69, 9.17) is 0 Å². The Morgan fingerprint density at radius 3 is 2.21 bits per heavy atom. The molecular weight excluding hydrogens is 232 g/mol. The van der Waals surface area contributed by atoms with Gasteiger partial charge in [0.1, 0.15) is 0 Å². The maximum atomic E-state index is 11.5. The van der Waals surface area contributed by atoms with Crippen LogP contribution in [0.2, 0.25) is 0 Å². The number of hydrogen-bond donors (Lipinski definition) is 1. The average molecular weight is 266 g/mol. The predicted molar refractivity (Wildman–Crippen MR) is 82.0 cm³/mol. The van der Waals surface area contributed by atoms with Crippen LogP contribution in [-0.4, -0.2) is 10.7 Å². The Labute approximate surface area is 120 Å². The monoisotopic (exact) mass is 266 g/mol. The van der Waals surface area contributed by atoms with Crippen molar-refractivity contribution in [2.24, 2.45) is 35.5 Å². The molecule has 0 aliphatic heterocycles. The standard InChI is InChI=1S/C18H34O/c1-12(2)17-9-6-13(3)11-18(17,19)16-8-7-14(4)15(5)10-16/h12-17,19H,6-11H2,1-5H3. The first-order valence-electron chi connectivity index (χ1n) is 8.57. The van der Waals surface area contributed by atoms with Gasteiger partial charge in [0.05, 0.1) is 5.60 Å². The smallest absolute Gasteiger partial charge is 0.0708 e. The zero-order valence-electron chi connectivity index (χ0n) is 13.7. The van der Waals surface area contributed by atoms with Gasteiger partial charge < -0.3 is 5.11 Å². The molecule has 0 aromatic heterocycles. The lowest BCUT2D eigenvalue weighted by atomic mass is 9.57. The molecule has 2 fully saturated rings. The molecule has 0 spiro atoms. The summed E-state index contributed by atoms with van der Waals surface area (Å²) in [6, 6.07) is 0. The largest absolute Gasteiger partial charge is 0.389 e. The van der Waals surface area contributed by atoms with Crippen LogP contribution >= 0.6 is 0 Å². The second-order valence-corrected chi connectivity index (χ2v) is 8.19. The van der Waals surface area contributed by atoms with E-state index in [1.807, 2.05) is 0 Å². The Morgan fingerprint density at radius 2 is 1.63 bits per heavy atom. The second-order valence-electron chi connectivity index (χ2n) is 8.19. The summed E-state index contributed by atoms with van der Waals surface area (Å²) >= 11 is 0. The third kappa shape index (κ3) is 3.01. The molecule has 112 valence electrons. The first kappa shape index (κ1) is 15.4. The summed E-state index contributed by atoms with van der Waals surface area (Å²) < 4.78 is 0. The van der Waals surface area contributed by atoms with Gasteiger partial charge in [-0.15, -0.1) is 0 Å². The summed E-state index contributed by atoms with van der Waals surface area (Å²) in [5, 5.41) is 11.5. The minimum Gasteiger partial charge on any atom is -0.389 e. The molecule has 19 heavy (non-hydrogen) atoms. The van der Waals surface area contributed by atoms with E-state index >= 15 is 0 Å². The Bertz CT molecular complexity index is 298. The van der Waals surface area contributed by atoms with Crippen molar-refractivity contribution < 1.29 is 5.11 Å². The third-order valence-corrected chi connectivity index (χ3v) is 6.40. The molecule has 0 aromatic carbocycles. The third-order valence-electron chi connectivity index (χ3n) is 6.40. The Balaban J connectivity index is 2.16. The molecule has 1 N–H and O–H groups in total. The van der Waals surface area contributed by atoms with Crippen molar-refractivity contribution in [3.63, 3.8) is 0 Å². The van der Waals surface area contributed by atoms with E-state index in [0.717, 1.165) is 18.3 Å². The van der Waals surface area contributed by atoms with Crippen LogP contribution in [0.1, 0.15) is 73.1 Å². The fraction of sp³-hybridized carbons (Fsp3) is 1.00. The van der Waals surface area contributed by atoms with Crippen LogP contribution in [0.5, 0.6) is 0 Å². The maximum Gasteiger partial charge on any atom is 0.0708 e. The summed E-state index contributed by atoms with van der Waals surface area (Å²) in [5.74, 6) is 4.02. The topological polar surface area (TPSA) is 20.2 Å². The fourth-order valence-corrected chi connectivity index (χ4v) is 4.91. The number of aliphatic hydroxyl groups is 1. The van der Waals surface area contributed by atoms with Gasteiger partial charge in [-0.3, -0.25) is 0 Å². The van der Waals surface area contributed by atoms with Crippen LogP contribution in [0.15, 0.2) is 0 Å². The van der Waals surface area contributed by atoms with E-state index < -0.39 is 0 Å². The SMILES string of the molecule is CC1CCC(C(C)C)C(O)(C2CCC(C)C(C)C2)C1. The molecule has 0 amide bonds. The number of rotatable bonds is 2. The molecule has 0 heterocycles. The lowest BCUT2D eigenvalue weighted by Gasteiger charge is -2.51. The predicted octanol–water partition coefficient (Wildman–Crippen LogP) is 4.88. The van der Waals surface area contributed by atoms with Crippen LogP contribution in [-0.2, 0) is 0 Å². The molecule has 1 heteroatoms. The number of hydrogen-bond acceptors (Lipinski definition) is 1. The van der Waals surface area contributed by atoms with Crippen LogP contribution in [0.3, 0.4) is 0 Å².